The van der Waals surface area contributed by atoms with Crippen LogP contribution in [-0.2, 0) is 13.0 Å². The van der Waals surface area contributed by atoms with E-state index in [2.05, 4.69) is 67.2 Å². The molecule has 0 amide bonds. The zero-order chi connectivity index (χ0) is 20.8. The van der Waals surface area contributed by atoms with Crippen molar-refractivity contribution in [1.82, 2.24) is 9.88 Å². The number of thiazole rings is 1. The first kappa shape index (κ1) is 21.1. The highest BCUT2D eigenvalue weighted by molar-refractivity contribution is 7.09. The van der Waals surface area contributed by atoms with Gasteiger partial charge < -0.3 is 9.64 Å². The molecular formula is C24H29N3OS. The third-order valence-electron chi connectivity index (χ3n) is 4.90. The SMILES string of the molecule is CCN(C)C=Nc1cc(C)c(Cc2nc(COc3ccc(C)cc3)cs2)cc1C. The minimum absolute atomic E-state index is 0.496. The highest BCUT2D eigenvalue weighted by Crippen LogP contribution is 2.26. The lowest BCUT2D eigenvalue weighted by atomic mass is 10.0. The summed E-state index contributed by atoms with van der Waals surface area (Å²) in [5, 5.41) is 3.20. The average Bonchev–Trinajstić information content (AvgIpc) is 3.16. The molecule has 0 spiro atoms. The summed E-state index contributed by atoms with van der Waals surface area (Å²) in [5.41, 5.74) is 6.96. The van der Waals surface area contributed by atoms with Crippen molar-refractivity contribution in [3.8, 4) is 5.75 Å². The second-order valence-corrected chi connectivity index (χ2v) is 8.34. The van der Waals surface area contributed by atoms with Gasteiger partial charge in [0, 0.05) is 25.4 Å². The van der Waals surface area contributed by atoms with Crippen LogP contribution in [0, 0.1) is 20.8 Å². The number of ether oxygens (including phenoxy) is 1. The van der Waals surface area contributed by atoms with Gasteiger partial charge in [-0.3, -0.25) is 0 Å². The summed E-state index contributed by atoms with van der Waals surface area (Å²) in [6.07, 6.45) is 2.73. The normalized spacial score (nSPS) is 11.2. The molecule has 5 heteroatoms. The summed E-state index contributed by atoms with van der Waals surface area (Å²) in [7, 11) is 2.03. The van der Waals surface area contributed by atoms with E-state index in [1.807, 2.05) is 25.5 Å². The molecule has 0 N–H and O–H groups in total. The molecule has 29 heavy (non-hydrogen) atoms. The van der Waals surface area contributed by atoms with Gasteiger partial charge in [0.2, 0.25) is 0 Å². The minimum Gasteiger partial charge on any atom is -0.487 e. The molecule has 0 fully saturated rings. The Morgan fingerprint density at radius 2 is 1.86 bits per heavy atom. The highest BCUT2D eigenvalue weighted by atomic mass is 32.1. The topological polar surface area (TPSA) is 37.7 Å². The molecule has 0 radical (unpaired) electrons. The van der Waals surface area contributed by atoms with Crippen LogP contribution in [0.15, 0.2) is 46.8 Å². The summed E-state index contributed by atoms with van der Waals surface area (Å²) in [4.78, 5) is 11.4. The van der Waals surface area contributed by atoms with Crippen LogP contribution in [0.25, 0.3) is 0 Å². The first-order valence-corrected chi connectivity index (χ1v) is 10.8. The van der Waals surface area contributed by atoms with Gasteiger partial charge in [-0.15, -0.1) is 11.3 Å². The van der Waals surface area contributed by atoms with Crippen molar-refractivity contribution in [3.05, 3.63) is 74.7 Å². The van der Waals surface area contributed by atoms with Crippen LogP contribution in [0.3, 0.4) is 0 Å². The molecule has 0 aliphatic heterocycles. The number of rotatable bonds is 8. The van der Waals surface area contributed by atoms with Gasteiger partial charge in [0.1, 0.15) is 12.4 Å². The predicted molar refractivity (Wildman–Crippen MR) is 123 cm³/mol. The van der Waals surface area contributed by atoms with Crippen molar-refractivity contribution < 1.29 is 4.74 Å². The number of aliphatic imine (C=N–C) groups is 1. The van der Waals surface area contributed by atoms with Gasteiger partial charge >= 0.3 is 0 Å². The number of hydrogen-bond donors (Lipinski definition) is 0. The Kier molecular flexibility index (Phi) is 7.04. The van der Waals surface area contributed by atoms with Gasteiger partial charge in [-0.25, -0.2) is 9.98 Å². The van der Waals surface area contributed by atoms with Crippen LogP contribution in [0.4, 0.5) is 5.69 Å². The maximum absolute atomic E-state index is 5.85. The summed E-state index contributed by atoms with van der Waals surface area (Å²) in [6.45, 7) is 9.89. The zero-order valence-corrected chi connectivity index (χ0v) is 18.7. The van der Waals surface area contributed by atoms with E-state index in [0.717, 1.165) is 35.1 Å². The lowest BCUT2D eigenvalue weighted by Gasteiger charge is -2.11. The zero-order valence-electron chi connectivity index (χ0n) is 17.9. The Balaban J connectivity index is 1.65. The van der Waals surface area contributed by atoms with Gasteiger partial charge in [0.25, 0.3) is 0 Å². The average molecular weight is 408 g/mol. The third-order valence-corrected chi connectivity index (χ3v) is 5.79. The summed E-state index contributed by atoms with van der Waals surface area (Å²) >= 11 is 1.69. The Labute approximate surface area is 177 Å². The fraction of sp³-hybridized carbons (Fsp3) is 0.333. The van der Waals surface area contributed by atoms with Gasteiger partial charge in [-0.2, -0.15) is 0 Å². The van der Waals surface area contributed by atoms with Crippen LogP contribution >= 0.6 is 11.3 Å². The molecule has 2 aromatic carbocycles. The molecule has 0 saturated heterocycles. The van der Waals surface area contributed by atoms with Crippen LogP contribution in [-0.4, -0.2) is 29.8 Å². The largest absolute Gasteiger partial charge is 0.487 e. The highest BCUT2D eigenvalue weighted by Gasteiger charge is 2.09. The molecule has 0 aliphatic rings. The molecule has 0 unspecified atom stereocenters. The Morgan fingerprint density at radius 1 is 1.10 bits per heavy atom. The molecule has 3 aromatic rings. The molecule has 0 aliphatic carbocycles. The van der Waals surface area contributed by atoms with Gasteiger partial charge in [-0.1, -0.05) is 23.8 Å². The van der Waals surface area contributed by atoms with Crippen molar-refractivity contribution in [2.24, 2.45) is 4.99 Å². The van der Waals surface area contributed by atoms with Crippen molar-refractivity contribution in [2.75, 3.05) is 13.6 Å². The lowest BCUT2D eigenvalue weighted by molar-refractivity contribution is 0.302. The molecule has 3 rings (SSSR count). The third kappa shape index (κ3) is 5.91. The van der Waals surface area contributed by atoms with Crippen LogP contribution in [0.5, 0.6) is 5.75 Å². The van der Waals surface area contributed by atoms with E-state index in [4.69, 9.17) is 9.72 Å². The lowest BCUT2D eigenvalue weighted by Crippen LogP contribution is -2.14. The van der Waals surface area contributed by atoms with E-state index >= 15 is 0 Å². The smallest absolute Gasteiger partial charge is 0.131 e. The monoisotopic (exact) mass is 407 g/mol. The molecule has 0 atom stereocenters. The molecule has 0 saturated carbocycles. The number of nitrogens with zero attached hydrogens (tertiary/aromatic N) is 3. The van der Waals surface area contributed by atoms with Gasteiger partial charge in [0.15, 0.2) is 0 Å². The van der Waals surface area contributed by atoms with Gasteiger partial charge in [-0.05, 0) is 62.6 Å². The predicted octanol–water partition coefficient (Wildman–Crippen LogP) is 5.85. The Morgan fingerprint density at radius 3 is 2.59 bits per heavy atom. The van der Waals surface area contributed by atoms with E-state index in [0.29, 0.717) is 6.61 Å². The second-order valence-electron chi connectivity index (χ2n) is 7.39. The quantitative estimate of drug-likeness (QED) is 0.347. The number of benzene rings is 2. The van der Waals surface area contributed by atoms with Crippen LogP contribution in [0.2, 0.25) is 0 Å². The molecule has 0 bridgehead atoms. The molecule has 1 heterocycles. The van der Waals surface area contributed by atoms with E-state index in [-0.39, 0.29) is 0 Å². The van der Waals surface area contributed by atoms with Crippen molar-refractivity contribution >= 4 is 23.4 Å². The van der Waals surface area contributed by atoms with Crippen molar-refractivity contribution in [2.45, 2.75) is 40.7 Å². The van der Waals surface area contributed by atoms with Crippen molar-refractivity contribution in [1.29, 1.82) is 0 Å². The molecule has 4 nitrogen and oxygen atoms in total. The Bertz CT molecular complexity index is 976. The molecule has 152 valence electrons. The number of aromatic nitrogens is 1. The van der Waals surface area contributed by atoms with E-state index < -0.39 is 0 Å². The first-order valence-electron chi connectivity index (χ1n) is 9.92. The second kappa shape index (κ2) is 9.70. The van der Waals surface area contributed by atoms with E-state index in [9.17, 15) is 0 Å². The molecule has 1 aromatic heterocycles. The fourth-order valence-electron chi connectivity index (χ4n) is 2.88. The first-order chi connectivity index (χ1) is 13.9. The van der Waals surface area contributed by atoms with Crippen molar-refractivity contribution in [3.63, 3.8) is 0 Å². The number of hydrogen-bond acceptors (Lipinski definition) is 4. The number of aryl methyl sites for hydroxylation is 3. The van der Waals surface area contributed by atoms with Crippen LogP contribution in [0.1, 0.15) is 39.9 Å². The van der Waals surface area contributed by atoms with Gasteiger partial charge in [0.05, 0.1) is 22.7 Å². The maximum Gasteiger partial charge on any atom is 0.131 e. The standard InChI is InChI=1S/C24H29N3OS/c1-6-27(5)16-25-23-12-18(3)20(11-19(23)4)13-24-26-21(15-29-24)14-28-22-9-7-17(2)8-10-22/h7-12,15-16H,6,13-14H2,1-5H3. The van der Waals surface area contributed by atoms with E-state index in [1.165, 1.54) is 22.3 Å². The molecular weight excluding hydrogens is 378 g/mol. The summed E-state index contributed by atoms with van der Waals surface area (Å²) in [5.74, 6) is 0.876. The summed E-state index contributed by atoms with van der Waals surface area (Å²) in [6, 6.07) is 12.5. The summed E-state index contributed by atoms with van der Waals surface area (Å²) < 4.78 is 5.85. The maximum atomic E-state index is 5.85. The minimum atomic E-state index is 0.496. The van der Waals surface area contributed by atoms with Crippen LogP contribution < -0.4 is 4.74 Å². The Hall–Kier alpha value is -2.66. The van der Waals surface area contributed by atoms with E-state index in [1.54, 1.807) is 11.3 Å². The fourth-order valence-corrected chi connectivity index (χ4v) is 3.69.